The number of carbonyl (C=O) groups excluding carboxylic acids is 1. The molecule has 1 unspecified atom stereocenters. The van der Waals surface area contributed by atoms with E-state index in [1.54, 1.807) is 0 Å². The van der Waals surface area contributed by atoms with Gasteiger partial charge in [-0.15, -0.1) is 0 Å². The summed E-state index contributed by atoms with van der Waals surface area (Å²) >= 11 is 0. The Kier molecular flexibility index (Phi) is 5.08. The molecular formula is C15H28N4O2. The third-order valence-electron chi connectivity index (χ3n) is 5.00. The quantitative estimate of drug-likeness (QED) is 0.353. The van der Waals surface area contributed by atoms with Crippen molar-refractivity contribution in [3.05, 3.63) is 0 Å². The molecule has 0 aromatic rings. The van der Waals surface area contributed by atoms with Crippen molar-refractivity contribution < 1.29 is 10.0 Å². The van der Waals surface area contributed by atoms with Crippen LogP contribution in [0.15, 0.2) is 5.16 Å². The summed E-state index contributed by atoms with van der Waals surface area (Å²) in [5.41, 5.74) is 5.65. The van der Waals surface area contributed by atoms with Crippen LogP contribution >= 0.6 is 0 Å². The summed E-state index contributed by atoms with van der Waals surface area (Å²) in [5, 5.41) is 11.6. The summed E-state index contributed by atoms with van der Waals surface area (Å²) in [6, 6.07) is 0. The third kappa shape index (κ3) is 3.87. The van der Waals surface area contributed by atoms with Crippen LogP contribution in [0.5, 0.6) is 0 Å². The summed E-state index contributed by atoms with van der Waals surface area (Å²) in [5.74, 6) is 0.716. The number of carbonyl (C=O) groups is 1. The first-order valence-electron chi connectivity index (χ1n) is 7.91. The van der Waals surface area contributed by atoms with E-state index in [9.17, 15) is 4.79 Å². The number of hydrogen-bond acceptors (Lipinski definition) is 4. The van der Waals surface area contributed by atoms with E-state index in [2.05, 4.69) is 23.9 Å². The van der Waals surface area contributed by atoms with Gasteiger partial charge < -0.3 is 15.8 Å². The number of oxime groups is 1. The van der Waals surface area contributed by atoms with Gasteiger partial charge in [0.25, 0.3) is 0 Å². The number of rotatable bonds is 3. The molecule has 0 bridgehead atoms. The summed E-state index contributed by atoms with van der Waals surface area (Å²) in [7, 11) is 0. The Morgan fingerprint density at radius 3 is 2.52 bits per heavy atom. The van der Waals surface area contributed by atoms with Crippen molar-refractivity contribution in [2.75, 3.05) is 32.7 Å². The Hall–Kier alpha value is -1.30. The van der Waals surface area contributed by atoms with E-state index in [0.29, 0.717) is 12.5 Å². The van der Waals surface area contributed by atoms with Gasteiger partial charge in [0.15, 0.2) is 5.84 Å². The van der Waals surface area contributed by atoms with Gasteiger partial charge in [-0.05, 0) is 18.3 Å². The lowest BCUT2D eigenvalue weighted by Gasteiger charge is -2.42. The number of hydrogen-bond donors (Lipinski definition) is 2. The second kappa shape index (κ2) is 6.64. The van der Waals surface area contributed by atoms with Gasteiger partial charge in [0.1, 0.15) is 0 Å². The van der Waals surface area contributed by atoms with Crippen molar-refractivity contribution in [3.8, 4) is 0 Å². The van der Waals surface area contributed by atoms with E-state index in [-0.39, 0.29) is 17.2 Å². The van der Waals surface area contributed by atoms with Crippen molar-refractivity contribution in [2.45, 2.75) is 39.5 Å². The van der Waals surface area contributed by atoms with Crippen LogP contribution in [0.25, 0.3) is 0 Å². The summed E-state index contributed by atoms with van der Waals surface area (Å²) < 4.78 is 0. The van der Waals surface area contributed by atoms with Crippen molar-refractivity contribution in [2.24, 2.45) is 22.2 Å². The normalized spacial score (nSPS) is 27.6. The van der Waals surface area contributed by atoms with E-state index in [1.165, 1.54) is 12.8 Å². The second-order valence-corrected chi connectivity index (χ2v) is 6.98. The minimum atomic E-state index is 0.125. The molecule has 0 aromatic heterocycles. The number of amides is 1. The monoisotopic (exact) mass is 296 g/mol. The maximum absolute atomic E-state index is 12.8. The first kappa shape index (κ1) is 16.1. The van der Waals surface area contributed by atoms with Crippen LogP contribution in [0, 0.1) is 11.3 Å². The average molecular weight is 296 g/mol. The first-order valence-corrected chi connectivity index (χ1v) is 7.91. The lowest BCUT2D eigenvalue weighted by atomic mass is 9.68. The molecule has 0 spiro atoms. The van der Waals surface area contributed by atoms with Gasteiger partial charge in [-0.3, -0.25) is 9.69 Å². The van der Waals surface area contributed by atoms with Gasteiger partial charge in [-0.25, -0.2) is 0 Å². The molecule has 2 aliphatic rings. The van der Waals surface area contributed by atoms with Crippen molar-refractivity contribution in [3.63, 3.8) is 0 Å². The Balaban J connectivity index is 1.88. The molecule has 3 N–H and O–H groups in total. The highest BCUT2D eigenvalue weighted by molar-refractivity contribution is 5.82. The maximum Gasteiger partial charge on any atom is 0.226 e. The van der Waals surface area contributed by atoms with E-state index < -0.39 is 0 Å². The Bertz CT molecular complexity index is 400. The van der Waals surface area contributed by atoms with Gasteiger partial charge in [0, 0.05) is 32.1 Å². The molecule has 0 radical (unpaired) electrons. The standard InChI is InChI=1S/C15H28N4O2/c1-15(2)6-4-3-5-12(15)14(20)19-9-7-18(8-10-19)11-13(16)17-21/h12,21H,3-11H2,1-2H3,(H2,16,17). The fourth-order valence-corrected chi connectivity index (χ4v) is 3.56. The average Bonchev–Trinajstić information content (AvgIpc) is 2.47. The zero-order chi connectivity index (χ0) is 15.5. The van der Waals surface area contributed by atoms with Crippen molar-refractivity contribution >= 4 is 11.7 Å². The zero-order valence-corrected chi connectivity index (χ0v) is 13.2. The molecule has 1 aliphatic carbocycles. The molecule has 0 aromatic carbocycles. The van der Waals surface area contributed by atoms with Gasteiger partial charge in [-0.2, -0.15) is 0 Å². The molecule has 1 aliphatic heterocycles. The van der Waals surface area contributed by atoms with E-state index >= 15 is 0 Å². The van der Waals surface area contributed by atoms with Gasteiger partial charge in [0.05, 0.1) is 6.54 Å². The van der Waals surface area contributed by atoms with E-state index in [0.717, 1.165) is 39.0 Å². The predicted molar refractivity (Wildman–Crippen MR) is 82.2 cm³/mol. The third-order valence-corrected chi connectivity index (χ3v) is 5.00. The van der Waals surface area contributed by atoms with Crippen LogP contribution < -0.4 is 5.73 Å². The molecular weight excluding hydrogens is 268 g/mol. The number of amidine groups is 1. The predicted octanol–water partition coefficient (Wildman–Crippen LogP) is 1.09. The SMILES string of the molecule is CC1(C)CCCCC1C(=O)N1CCN(CC(N)=NO)CC1. The molecule has 2 rings (SSSR count). The van der Waals surface area contributed by atoms with Crippen molar-refractivity contribution in [1.82, 2.24) is 9.80 Å². The fourth-order valence-electron chi connectivity index (χ4n) is 3.56. The molecule has 1 amide bonds. The largest absolute Gasteiger partial charge is 0.409 e. The topological polar surface area (TPSA) is 82.2 Å². The minimum absolute atomic E-state index is 0.125. The van der Waals surface area contributed by atoms with Crippen molar-refractivity contribution in [1.29, 1.82) is 0 Å². The minimum Gasteiger partial charge on any atom is -0.409 e. The van der Waals surface area contributed by atoms with Crippen LogP contribution in [0.3, 0.4) is 0 Å². The Labute approximate surface area is 127 Å². The van der Waals surface area contributed by atoms with Crippen LogP contribution in [-0.4, -0.2) is 59.5 Å². The molecule has 1 saturated heterocycles. The molecule has 1 saturated carbocycles. The van der Waals surface area contributed by atoms with Gasteiger partial charge in [0.2, 0.25) is 5.91 Å². The smallest absolute Gasteiger partial charge is 0.226 e. The fraction of sp³-hybridized carbons (Fsp3) is 0.867. The molecule has 1 heterocycles. The Morgan fingerprint density at radius 2 is 1.95 bits per heavy atom. The van der Waals surface area contributed by atoms with Crippen LogP contribution in [0.2, 0.25) is 0 Å². The van der Waals surface area contributed by atoms with Crippen LogP contribution in [0.1, 0.15) is 39.5 Å². The zero-order valence-electron chi connectivity index (χ0n) is 13.2. The molecule has 1 atom stereocenters. The molecule has 6 nitrogen and oxygen atoms in total. The Morgan fingerprint density at radius 1 is 1.29 bits per heavy atom. The van der Waals surface area contributed by atoms with E-state index in [1.807, 2.05) is 4.90 Å². The highest BCUT2D eigenvalue weighted by atomic mass is 16.4. The summed E-state index contributed by atoms with van der Waals surface area (Å²) in [6.45, 7) is 7.97. The highest BCUT2D eigenvalue weighted by Gasteiger charge is 2.39. The number of nitrogens with zero attached hydrogens (tertiary/aromatic N) is 3. The van der Waals surface area contributed by atoms with Gasteiger partial charge >= 0.3 is 0 Å². The lowest BCUT2D eigenvalue weighted by Crippen LogP contribution is -2.53. The highest BCUT2D eigenvalue weighted by Crippen LogP contribution is 2.41. The lowest BCUT2D eigenvalue weighted by molar-refractivity contribution is -0.142. The first-order chi connectivity index (χ1) is 9.94. The van der Waals surface area contributed by atoms with E-state index in [4.69, 9.17) is 10.9 Å². The maximum atomic E-state index is 12.8. The molecule has 21 heavy (non-hydrogen) atoms. The van der Waals surface area contributed by atoms with Gasteiger partial charge in [-0.1, -0.05) is 31.8 Å². The van der Waals surface area contributed by atoms with Crippen LogP contribution in [0.4, 0.5) is 0 Å². The molecule has 6 heteroatoms. The second-order valence-electron chi connectivity index (χ2n) is 6.98. The summed E-state index contributed by atoms with van der Waals surface area (Å²) in [4.78, 5) is 16.9. The molecule has 120 valence electrons. The van der Waals surface area contributed by atoms with Crippen LogP contribution in [-0.2, 0) is 4.79 Å². The summed E-state index contributed by atoms with van der Waals surface area (Å²) in [6.07, 6.45) is 4.58. The molecule has 2 fully saturated rings. The number of piperazine rings is 1. The number of nitrogens with two attached hydrogens (primary N) is 1.